The Morgan fingerprint density at radius 2 is 2.15 bits per heavy atom. The topological polar surface area (TPSA) is 81.3 Å². The van der Waals surface area contributed by atoms with E-state index in [-0.39, 0.29) is 12.5 Å². The van der Waals surface area contributed by atoms with Crippen molar-refractivity contribution in [3.63, 3.8) is 0 Å². The Balaban J connectivity index is 2.47. The van der Waals surface area contributed by atoms with E-state index >= 15 is 0 Å². The molecule has 1 unspecified atom stereocenters. The maximum atomic E-state index is 9.24. The molecule has 0 amide bonds. The van der Waals surface area contributed by atoms with Crippen molar-refractivity contribution in [2.75, 3.05) is 12.8 Å². The number of halogens is 1. The summed E-state index contributed by atoms with van der Waals surface area (Å²) in [6.07, 6.45) is 0. The summed E-state index contributed by atoms with van der Waals surface area (Å²) in [5.41, 5.74) is 7.85. The number of ether oxygens (including phenoxy) is 1. The van der Waals surface area contributed by atoms with Gasteiger partial charge in [0.2, 0.25) is 5.88 Å². The third kappa shape index (κ3) is 2.84. The number of benzene rings is 1. The molecule has 20 heavy (non-hydrogen) atoms. The molecule has 1 aromatic heterocycles. The molecule has 6 heteroatoms. The molecule has 0 radical (unpaired) electrons. The van der Waals surface area contributed by atoms with Crippen LogP contribution in [-0.2, 0) is 6.61 Å². The monoisotopic (exact) mass is 293 g/mol. The van der Waals surface area contributed by atoms with E-state index < -0.39 is 0 Å². The quantitative estimate of drug-likeness (QED) is 0.846. The van der Waals surface area contributed by atoms with E-state index in [1.54, 1.807) is 12.1 Å². The largest absolute Gasteiger partial charge is 0.481 e. The van der Waals surface area contributed by atoms with Crippen LogP contribution in [0.25, 0.3) is 0 Å². The summed E-state index contributed by atoms with van der Waals surface area (Å²) in [6.45, 7) is 1.75. The van der Waals surface area contributed by atoms with Gasteiger partial charge in [-0.2, -0.15) is 4.98 Å². The second-order valence-corrected chi connectivity index (χ2v) is 4.79. The lowest BCUT2D eigenvalue weighted by Gasteiger charge is -2.15. The van der Waals surface area contributed by atoms with Gasteiger partial charge in [-0.3, -0.25) is 0 Å². The minimum absolute atomic E-state index is 0.158. The van der Waals surface area contributed by atoms with Crippen LogP contribution in [0.3, 0.4) is 0 Å². The standard InChI is InChI=1S/C14H16ClN3O2/c1-8(10-4-3-5-11(15)13(10)16)14-17-9(7-19)6-12(18-14)20-2/h3-6,8,19H,7,16H2,1-2H3. The van der Waals surface area contributed by atoms with Crippen LogP contribution in [0.4, 0.5) is 5.69 Å². The molecule has 106 valence electrons. The van der Waals surface area contributed by atoms with Crippen LogP contribution < -0.4 is 10.5 Å². The van der Waals surface area contributed by atoms with Crippen molar-refractivity contribution in [1.82, 2.24) is 9.97 Å². The summed E-state index contributed by atoms with van der Waals surface area (Å²) in [4.78, 5) is 8.61. The zero-order valence-corrected chi connectivity index (χ0v) is 12.1. The number of aliphatic hydroxyl groups is 1. The van der Waals surface area contributed by atoms with Crippen molar-refractivity contribution in [2.24, 2.45) is 0 Å². The highest BCUT2D eigenvalue weighted by molar-refractivity contribution is 6.33. The van der Waals surface area contributed by atoms with Crippen LogP contribution in [0.5, 0.6) is 5.88 Å². The summed E-state index contributed by atoms with van der Waals surface area (Å²) in [7, 11) is 1.52. The van der Waals surface area contributed by atoms with Crippen LogP contribution in [0, 0.1) is 0 Å². The van der Waals surface area contributed by atoms with Gasteiger partial charge in [0.1, 0.15) is 5.82 Å². The van der Waals surface area contributed by atoms with Gasteiger partial charge in [0.05, 0.1) is 30.1 Å². The highest BCUT2D eigenvalue weighted by Gasteiger charge is 2.17. The first-order valence-corrected chi connectivity index (χ1v) is 6.51. The molecule has 1 heterocycles. The number of aliphatic hydroxyl groups excluding tert-OH is 1. The van der Waals surface area contributed by atoms with Gasteiger partial charge in [0.15, 0.2) is 0 Å². The summed E-state index contributed by atoms with van der Waals surface area (Å²) in [6, 6.07) is 7.04. The van der Waals surface area contributed by atoms with Gasteiger partial charge in [-0.05, 0) is 11.6 Å². The van der Waals surface area contributed by atoms with Crippen LogP contribution >= 0.6 is 11.6 Å². The molecule has 5 nitrogen and oxygen atoms in total. The fraction of sp³-hybridized carbons (Fsp3) is 0.286. The molecule has 0 bridgehead atoms. The molecule has 0 aliphatic heterocycles. The molecule has 0 spiro atoms. The zero-order valence-electron chi connectivity index (χ0n) is 11.3. The van der Waals surface area contributed by atoms with E-state index in [0.717, 1.165) is 5.56 Å². The lowest BCUT2D eigenvalue weighted by atomic mass is 9.98. The molecule has 3 N–H and O–H groups in total. The lowest BCUT2D eigenvalue weighted by Crippen LogP contribution is -2.08. The molecule has 0 aliphatic rings. The van der Waals surface area contributed by atoms with Crippen LogP contribution in [0.1, 0.15) is 29.9 Å². The van der Waals surface area contributed by atoms with Crippen molar-refractivity contribution >= 4 is 17.3 Å². The Morgan fingerprint density at radius 1 is 1.40 bits per heavy atom. The highest BCUT2D eigenvalue weighted by atomic mass is 35.5. The average molecular weight is 294 g/mol. The second kappa shape index (κ2) is 6.07. The van der Waals surface area contributed by atoms with Crippen LogP contribution in [-0.4, -0.2) is 22.2 Å². The van der Waals surface area contributed by atoms with Gasteiger partial charge in [0, 0.05) is 12.0 Å². The van der Waals surface area contributed by atoms with E-state index in [1.807, 2.05) is 19.1 Å². The predicted octanol–water partition coefficient (Wildman–Crippen LogP) is 2.36. The normalized spacial score (nSPS) is 12.2. The maximum Gasteiger partial charge on any atom is 0.216 e. The number of hydrogen-bond acceptors (Lipinski definition) is 5. The summed E-state index contributed by atoms with van der Waals surface area (Å²) >= 11 is 6.03. The van der Waals surface area contributed by atoms with E-state index in [2.05, 4.69) is 9.97 Å². The molecular weight excluding hydrogens is 278 g/mol. The number of aromatic nitrogens is 2. The van der Waals surface area contributed by atoms with Gasteiger partial charge in [-0.1, -0.05) is 30.7 Å². The number of nitrogens with zero attached hydrogens (tertiary/aromatic N) is 2. The SMILES string of the molecule is COc1cc(CO)nc(C(C)c2cccc(Cl)c2N)n1. The van der Waals surface area contributed by atoms with Crippen molar-refractivity contribution < 1.29 is 9.84 Å². The molecule has 1 aromatic carbocycles. The number of rotatable bonds is 4. The Kier molecular flexibility index (Phi) is 4.42. The Morgan fingerprint density at radius 3 is 2.80 bits per heavy atom. The van der Waals surface area contributed by atoms with Crippen LogP contribution in [0.15, 0.2) is 24.3 Å². The molecule has 2 rings (SSSR count). The molecular formula is C14H16ClN3O2. The smallest absolute Gasteiger partial charge is 0.216 e. The number of anilines is 1. The minimum atomic E-state index is -0.177. The molecule has 0 fully saturated rings. The third-order valence-electron chi connectivity index (χ3n) is 3.08. The van der Waals surface area contributed by atoms with Gasteiger partial charge >= 0.3 is 0 Å². The molecule has 0 aliphatic carbocycles. The van der Waals surface area contributed by atoms with E-state index in [9.17, 15) is 5.11 Å². The second-order valence-electron chi connectivity index (χ2n) is 4.38. The number of nitrogen functional groups attached to an aromatic ring is 1. The van der Waals surface area contributed by atoms with Crippen molar-refractivity contribution in [1.29, 1.82) is 0 Å². The molecule has 0 saturated heterocycles. The van der Waals surface area contributed by atoms with Crippen molar-refractivity contribution in [2.45, 2.75) is 19.4 Å². The summed E-state index contributed by atoms with van der Waals surface area (Å²) < 4.78 is 5.12. The Hall–Kier alpha value is -1.85. The first-order valence-electron chi connectivity index (χ1n) is 6.13. The Bertz CT molecular complexity index is 597. The fourth-order valence-corrected chi connectivity index (χ4v) is 2.12. The molecule has 1 atom stereocenters. The van der Waals surface area contributed by atoms with Gasteiger partial charge in [-0.25, -0.2) is 4.98 Å². The predicted molar refractivity (Wildman–Crippen MR) is 77.9 cm³/mol. The fourth-order valence-electron chi connectivity index (χ4n) is 1.94. The number of nitrogens with two attached hydrogens (primary N) is 1. The molecule has 2 aromatic rings. The number of para-hydroxylation sites is 1. The van der Waals surface area contributed by atoms with Gasteiger partial charge < -0.3 is 15.6 Å². The maximum absolute atomic E-state index is 9.24. The summed E-state index contributed by atoms with van der Waals surface area (Å²) in [5.74, 6) is 0.781. The molecule has 0 saturated carbocycles. The first kappa shape index (κ1) is 14.6. The average Bonchev–Trinajstić information content (AvgIpc) is 2.48. The third-order valence-corrected chi connectivity index (χ3v) is 3.41. The van der Waals surface area contributed by atoms with E-state index in [0.29, 0.717) is 28.1 Å². The number of methoxy groups -OCH3 is 1. The van der Waals surface area contributed by atoms with E-state index in [4.69, 9.17) is 22.1 Å². The van der Waals surface area contributed by atoms with Crippen molar-refractivity contribution in [3.05, 3.63) is 46.4 Å². The summed E-state index contributed by atoms with van der Waals surface area (Å²) in [5, 5.41) is 9.74. The Labute approximate surface area is 122 Å². The first-order chi connectivity index (χ1) is 9.56. The van der Waals surface area contributed by atoms with Crippen LogP contribution in [0.2, 0.25) is 5.02 Å². The van der Waals surface area contributed by atoms with Gasteiger partial charge in [0.25, 0.3) is 0 Å². The zero-order chi connectivity index (χ0) is 14.7. The van der Waals surface area contributed by atoms with E-state index in [1.165, 1.54) is 7.11 Å². The number of hydrogen-bond donors (Lipinski definition) is 2. The minimum Gasteiger partial charge on any atom is -0.481 e. The van der Waals surface area contributed by atoms with Gasteiger partial charge in [-0.15, -0.1) is 0 Å². The lowest BCUT2D eigenvalue weighted by molar-refractivity contribution is 0.274. The van der Waals surface area contributed by atoms with Crippen molar-refractivity contribution in [3.8, 4) is 5.88 Å². The highest BCUT2D eigenvalue weighted by Crippen LogP contribution is 2.31.